The number of alkyl halides is 3. The Bertz CT molecular complexity index is 414. The van der Waals surface area contributed by atoms with E-state index in [1.54, 1.807) is 0 Å². The molecule has 1 aromatic rings. The van der Waals surface area contributed by atoms with Gasteiger partial charge in [-0.25, -0.2) is 4.79 Å². The van der Waals surface area contributed by atoms with Gasteiger partial charge in [-0.1, -0.05) is 0 Å². The summed E-state index contributed by atoms with van der Waals surface area (Å²) >= 11 is 0. The van der Waals surface area contributed by atoms with Crippen LogP contribution in [0.25, 0.3) is 0 Å². The molecular formula is C10H10F3NO4. The Labute approximate surface area is 100 Å². The fourth-order valence-corrected chi connectivity index (χ4v) is 0.688. The number of carbonyl (C=O) groups excluding carboxylic acids is 1. The molecule has 0 aliphatic carbocycles. The second-order valence-electron chi connectivity index (χ2n) is 2.93. The number of ether oxygens (including phenoxy) is 1. The molecule has 0 bridgehead atoms. The molecule has 0 aliphatic rings. The lowest BCUT2D eigenvalue weighted by atomic mass is 10.2. The predicted molar refractivity (Wildman–Crippen MR) is 53.9 cm³/mol. The van der Waals surface area contributed by atoms with Gasteiger partial charge >= 0.3 is 18.1 Å². The van der Waals surface area contributed by atoms with Crippen molar-refractivity contribution in [1.82, 2.24) is 4.98 Å². The van der Waals surface area contributed by atoms with Crippen LogP contribution in [0.4, 0.5) is 13.2 Å². The molecule has 5 nitrogen and oxygen atoms in total. The number of carboxylic acids is 1. The van der Waals surface area contributed by atoms with Crippen LogP contribution in [-0.4, -0.2) is 29.1 Å². The van der Waals surface area contributed by atoms with Gasteiger partial charge in [-0.15, -0.1) is 0 Å². The van der Waals surface area contributed by atoms with E-state index in [-0.39, 0.29) is 11.5 Å². The zero-order valence-electron chi connectivity index (χ0n) is 9.49. The first kappa shape index (κ1) is 15.9. The van der Waals surface area contributed by atoms with Gasteiger partial charge in [0, 0.05) is 13.1 Å². The van der Waals surface area contributed by atoms with Crippen LogP contribution in [0, 0.1) is 0 Å². The van der Waals surface area contributed by atoms with Gasteiger partial charge in [0.2, 0.25) is 0 Å². The minimum absolute atomic E-state index is 0.245. The van der Waals surface area contributed by atoms with Gasteiger partial charge < -0.3 is 9.84 Å². The van der Waals surface area contributed by atoms with Crippen LogP contribution in [0.3, 0.4) is 0 Å². The number of esters is 1. The van der Waals surface area contributed by atoms with E-state index >= 15 is 0 Å². The minimum atomic E-state index is -4.53. The Morgan fingerprint density at radius 3 is 2.06 bits per heavy atom. The summed E-state index contributed by atoms with van der Waals surface area (Å²) in [4.78, 5) is 22.8. The number of aromatic carboxylic acids is 1. The van der Waals surface area contributed by atoms with Crippen molar-refractivity contribution in [3.8, 4) is 0 Å². The Balaban J connectivity index is 0.000000494. The van der Waals surface area contributed by atoms with Crippen LogP contribution in [0.1, 0.15) is 23.0 Å². The summed E-state index contributed by atoms with van der Waals surface area (Å²) in [7, 11) is 1.35. The number of halogens is 3. The minimum Gasteiger partial charge on any atom is -0.478 e. The number of aromatic nitrogens is 1. The van der Waals surface area contributed by atoms with Crippen molar-refractivity contribution in [2.75, 3.05) is 7.11 Å². The Morgan fingerprint density at radius 1 is 1.33 bits per heavy atom. The summed E-state index contributed by atoms with van der Waals surface area (Å²) in [5.41, 5.74) is -1.37. The molecule has 1 aromatic heterocycles. The van der Waals surface area contributed by atoms with Crippen molar-refractivity contribution in [1.29, 1.82) is 0 Å². The molecule has 18 heavy (non-hydrogen) atoms. The fraction of sp³-hybridized carbons (Fsp3) is 0.300. The van der Waals surface area contributed by atoms with Gasteiger partial charge in [0.05, 0.1) is 12.7 Å². The monoisotopic (exact) mass is 265 g/mol. The highest BCUT2D eigenvalue weighted by atomic mass is 19.4. The summed E-state index contributed by atoms with van der Waals surface area (Å²) < 4.78 is 39.8. The molecule has 0 atom stereocenters. The molecule has 0 amide bonds. The van der Waals surface area contributed by atoms with Crippen LogP contribution < -0.4 is 0 Å². The smallest absolute Gasteiger partial charge is 0.433 e. The van der Waals surface area contributed by atoms with Crippen LogP contribution >= 0.6 is 0 Å². The largest absolute Gasteiger partial charge is 0.478 e. The molecule has 1 heterocycles. The van der Waals surface area contributed by atoms with E-state index in [1.165, 1.54) is 14.0 Å². The molecule has 0 fully saturated rings. The van der Waals surface area contributed by atoms with Gasteiger partial charge in [0.25, 0.3) is 0 Å². The average Bonchev–Trinajstić information content (AvgIpc) is 2.28. The molecule has 0 aliphatic heterocycles. The molecule has 1 N–H and O–H groups in total. The zero-order valence-corrected chi connectivity index (χ0v) is 9.49. The first-order valence-electron chi connectivity index (χ1n) is 4.49. The number of nitrogens with zero attached hydrogens (tertiary/aromatic N) is 1. The molecule has 0 saturated heterocycles. The van der Waals surface area contributed by atoms with Crippen molar-refractivity contribution >= 4 is 11.9 Å². The maximum Gasteiger partial charge on any atom is 0.433 e. The summed E-state index contributed by atoms with van der Waals surface area (Å²) in [5, 5.41) is 8.36. The van der Waals surface area contributed by atoms with Crippen LogP contribution in [0.5, 0.6) is 0 Å². The van der Waals surface area contributed by atoms with E-state index in [0.717, 1.165) is 6.07 Å². The van der Waals surface area contributed by atoms with E-state index in [2.05, 4.69) is 9.72 Å². The molecule has 1 rings (SSSR count). The maximum atomic E-state index is 11.9. The lowest BCUT2D eigenvalue weighted by Gasteiger charge is -2.04. The quantitative estimate of drug-likeness (QED) is 0.785. The second kappa shape index (κ2) is 6.58. The highest BCUT2D eigenvalue weighted by Gasteiger charge is 2.32. The number of pyridine rings is 1. The third-order valence-electron chi connectivity index (χ3n) is 1.59. The van der Waals surface area contributed by atoms with Gasteiger partial charge in [-0.3, -0.25) is 9.78 Å². The molecule has 0 radical (unpaired) electrons. The van der Waals surface area contributed by atoms with Crippen molar-refractivity contribution < 1.29 is 32.6 Å². The highest BCUT2D eigenvalue weighted by Crippen LogP contribution is 2.27. The normalized spacial score (nSPS) is 10.1. The molecule has 0 unspecified atom stereocenters. The first-order chi connectivity index (χ1) is 8.18. The van der Waals surface area contributed by atoms with E-state index in [1.807, 2.05) is 0 Å². The van der Waals surface area contributed by atoms with Crippen LogP contribution in [-0.2, 0) is 15.7 Å². The molecule has 0 spiro atoms. The molecule has 0 saturated carbocycles. The van der Waals surface area contributed by atoms with Crippen LogP contribution in [0.15, 0.2) is 18.3 Å². The van der Waals surface area contributed by atoms with Gasteiger partial charge in [0.15, 0.2) is 0 Å². The molecule has 8 heteroatoms. The number of carbonyl (C=O) groups is 2. The summed E-state index contributed by atoms with van der Waals surface area (Å²) in [6.07, 6.45) is -3.86. The van der Waals surface area contributed by atoms with E-state index in [4.69, 9.17) is 5.11 Å². The summed E-state index contributed by atoms with van der Waals surface area (Å²) in [6, 6.07) is 1.49. The van der Waals surface area contributed by atoms with Crippen molar-refractivity contribution in [3.05, 3.63) is 29.6 Å². The third kappa shape index (κ3) is 5.83. The predicted octanol–water partition coefficient (Wildman–Crippen LogP) is 1.98. The maximum absolute atomic E-state index is 11.9. The van der Waals surface area contributed by atoms with Crippen molar-refractivity contribution in [2.24, 2.45) is 0 Å². The number of hydrogen-bond acceptors (Lipinski definition) is 4. The Morgan fingerprint density at radius 2 is 1.83 bits per heavy atom. The van der Waals surface area contributed by atoms with Crippen molar-refractivity contribution in [3.63, 3.8) is 0 Å². The van der Waals surface area contributed by atoms with E-state index < -0.39 is 17.8 Å². The Kier molecular flexibility index (Phi) is 5.80. The average molecular weight is 265 g/mol. The number of rotatable bonds is 1. The standard InChI is InChI=1S/C7H4F3NO2.C3H6O2/c8-7(9,10)5-2-1-4(3-11-5)6(12)13;1-3(4)5-2/h1-3H,(H,12,13);1-2H3. The summed E-state index contributed by atoms with van der Waals surface area (Å²) in [6.45, 7) is 1.36. The van der Waals surface area contributed by atoms with E-state index in [0.29, 0.717) is 12.3 Å². The third-order valence-corrected chi connectivity index (χ3v) is 1.59. The number of hydrogen-bond donors (Lipinski definition) is 1. The topological polar surface area (TPSA) is 76.5 Å². The van der Waals surface area contributed by atoms with Crippen molar-refractivity contribution in [2.45, 2.75) is 13.1 Å². The second-order valence-corrected chi connectivity index (χ2v) is 2.93. The number of carboxylic acid groups (broad SMARTS) is 1. The molecule has 100 valence electrons. The summed E-state index contributed by atoms with van der Waals surface area (Å²) in [5.74, 6) is -1.55. The zero-order chi connectivity index (χ0) is 14.3. The van der Waals surface area contributed by atoms with E-state index in [9.17, 15) is 22.8 Å². The fourth-order valence-electron chi connectivity index (χ4n) is 0.688. The Hall–Kier alpha value is -2.12. The molecular weight excluding hydrogens is 255 g/mol. The molecule has 0 aromatic carbocycles. The SMILES string of the molecule is COC(C)=O.O=C(O)c1ccc(C(F)(F)F)nc1. The van der Waals surface area contributed by atoms with Gasteiger partial charge in [-0.05, 0) is 12.1 Å². The lowest BCUT2D eigenvalue weighted by Crippen LogP contribution is -2.08. The lowest BCUT2D eigenvalue weighted by molar-refractivity contribution is -0.141. The highest BCUT2D eigenvalue weighted by molar-refractivity contribution is 5.87. The van der Waals surface area contributed by atoms with Crippen LogP contribution in [0.2, 0.25) is 0 Å². The first-order valence-corrected chi connectivity index (χ1v) is 4.49. The van der Waals surface area contributed by atoms with Gasteiger partial charge in [0.1, 0.15) is 5.69 Å². The number of methoxy groups -OCH3 is 1. The van der Waals surface area contributed by atoms with Gasteiger partial charge in [-0.2, -0.15) is 13.2 Å².